The van der Waals surface area contributed by atoms with Crippen LogP contribution in [0.3, 0.4) is 0 Å². The van der Waals surface area contributed by atoms with Gasteiger partial charge in [0.2, 0.25) is 9.84 Å². The molecule has 0 spiro atoms. The van der Waals surface area contributed by atoms with Crippen LogP contribution in [0.4, 0.5) is 5.69 Å². The molecule has 0 bridgehead atoms. The van der Waals surface area contributed by atoms with E-state index in [1.807, 2.05) is 0 Å². The molecular formula is C13H8N2O4S2. The van der Waals surface area contributed by atoms with Gasteiger partial charge in [-0.3, -0.25) is 10.1 Å². The minimum absolute atomic E-state index is 0.0331. The maximum Gasteiger partial charge on any atom is 0.270 e. The van der Waals surface area contributed by atoms with E-state index in [1.54, 1.807) is 11.4 Å². The molecule has 0 amide bonds. The molecule has 0 saturated carbocycles. The van der Waals surface area contributed by atoms with Gasteiger partial charge in [-0.15, -0.1) is 0 Å². The SMILES string of the molecule is N#C/C(=C\c1cccc([N+](=O)[O-])c1)S(=O)(=O)c1ccsc1. The molecule has 21 heavy (non-hydrogen) atoms. The average Bonchev–Trinajstić information content (AvgIpc) is 2.99. The van der Waals surface area contributed by atoms with Crippen molar-refractivity contribution in [1.29, 1.82) is 5.26 Å². The predicted molar refractivity (Wildman–Crippen MR) is 78.2 cm³/mol. The highest BCUT2D eigenvalue weighted by molar-refractivity contribution is 7.95. The molecule has 0 aliphatic rings. The first-order chi connectivity index (χ1) is 9.95. The summed E-state index contributed by atoms with van der Waals surface area (Å²) in [7, 11) is -3.90. The van der Waals surface area contributed by atoms with Crippen molar-refractivity contribution >= 4 is 32.9 Å². The van der Waals surface area contributed by atoms with Crippen LogP contribution in [0.1, 0.15) is 5.56 Å². The zero-order valence-corrected chi connectivity index (χ0v) is 12.1. The molecule has 1 aromatic heterocycles. The Morgan fingerprint density at radius 3 is 2.71 bits per heavy atom. The second kappa shape index (κ2) is 5.87. The van der Waals surface area contributed by atoms with Crippen molar-refractivity contribution in [3.63, 3.8) is 0 Å². The maximum atomic E-state index is 12.2. The number of nitrogens with zero attached hydrogens (tertiary/aromatic N) is 2. The largest absolute Gasteiger partial charge is 0.270 e. The number of hydrogen-bond acceptors (Lipinski definition) is 6. The highest BCUT2D eigenvalue weighted by atomic mass is 32.2. The summed E-state index contributed by atoms with van der Waals surface area (Å²) in [6.07, 6.45) is 1.12. The monoisotopic (exact) mass is 320 g/mol. The van der Waals surface area contributed by atoms with Crippen LogP contribution < -0.4 is 0 Å². The van der Waals surface area contributed by atoms with Gasteiger partial charge in [0.05, 0.1) is 9.82 Å². The van der Waals surface area contributed by atoms with Crippen molar-refractivity contribution in [2.75, 3.05) is 0 Å². The Morgan fingerprint density at radius 1 is 1.38 bits per heavy atom. The normalized spacial score (nSPS) is 11.9. The number of nitro benzene ring substituents is 1. The smallest absolute Gasteiger partial charge is 0.258 e. The van der Waals surface area contributed by atoms with Crippen LogP contribution in [0.2, 0.25) is 0 Å². The van der Waals surface area contributed by atoms with Crippen molar-refractivity contribution in [2.24, 2.45) is 0 Å². The molecule has 0 aliphatic heterocycles. The Labute approximate surface area is 124 Å². The lowest BCUT2D eigenvalue weighted by Crippen LogP contribution is -2.02. The van der Waals surface area contributed by atoms with E-state index in [4.69, 9.17) is 5.26 Å². The Hall–Kier alpha value is -2.50. The van der Waals surface area contributed by atoms with Crippen molar-refractivity contribution in [3.05, 3.63) is 61.7 Å². The second-order valence-electron chi connectivity index (χ2n) is 3.93. The van der Waals surface area contributed by atoms with E-state index in [9.17, 15) is 18.5 Å². The number of thiophene rings is 1. The van der Waals surface area contributed by atoms with Crippen LogP contribution in [0, 0.1) is 21.4 Å². The molecule has 0 N–H and O–H groups in total. The van der Waals surface area contributed by atoms with Gasteiger partial charge in [0.1, 0.15) is 11.0 Å². The van der Waals surface area contributed by atoms with E-state index in [0.717, 1.165) is 6.08 Å². The van der Waals surface area contributed by atoms with E-state index in [-0.39, 0.29) is 16.1 Å². The van der Waals surface area contributed by atoms with Gasteiger partial charge in [0.25, 0.3) is 5.69 Å². The van der Waals surface area contributed by atoms with Crippen LogP contribution >= 0.6 is 11.3 Å². The quantitative estimate of drug-likeness (QED) is 0.489. The molecule has 8 heteroatoms. The van der Waals surface area contributed by atoms with Crippen LogP contribution in [0.5, 0.6) is 0 Å². The lowest BCUT2D eigenvalue weighted by Gasteiger charge is -2.00. The highest BCUT2D eigenvalue weighted by Crippen LogP contribution is 2.24. The average molecular weight is 320 g/mol. The summed E-state index contributed by atoms with van der Waals surface area (Å²) in [6, 6.07) is 8.45. The van der Waals surface area contributed by atoms with Gasteiger partial charge in [-0.2, -0.15) is 16.6 Å². The fourth-order valence-corrected chi connectivity index (χ4v) is 3.77. The summed E-state index contributed by atoms with van der Waals surface area (Å²) in [5.74, 6) is 0. The van der Waals surface area contributed by atoms with Crippen molar-refractivity contribution in [3.8, 4) is 6.07 Å². The maximum absolute atomic E-state index is 12.2. The predicted octanol–water partition coefficient (Wildman–Crippen LogP) is 2.99. The molecule has 0 aliphatic carbocycles. The van der Waals surface area contributed by atoms with Gasteiger partial charge in [-0.25, -0.2) is 8.42 Å². The summed E-state index contributed by atoms with van der Waals surface area (Å²) < 4.78 is 24.5. The Bertz CT molecular complexity index is 847. The summed E-state index contributed by atoms with van der Waals surface area (Å²) in [4.78, 5) is 9.68. The van der Waals surface area contributed by atoms with Gasteiger partial charge in [0, 0.05) is 17.5 Å². The third-order valence-corrected chi connectivity index (χ3v) is 5.08. The molecule has 0 radical (unpaired) electrons. The van der Waals surface area contributed by atoms with E-state index in [0.29, 0.717) is 0 Å². The Balaban J connectivity index is 2.50. The lowest BCUT2D eigenvalue weighted by molar-refractivity contribution is -0.384. The number of sulfone groups is 1. The molecule has 1 aromatic carbocycles. The van der Waals surface area contributed by atoms with Crippen LogP contribution in [-0.2, 0) is 9.84 Å². The summed E-state index contributed by atoms with van der Waals surface area (Å²) in [5, 5.41) is 22.8. The van der Waals surface area contributed by atoms with Gasteiger partial charge < -0.3 is 0 Å². The number of hydrogen-bond donors (Lipinski definition) is 0. The third kappa shape index (κ3) is 3.16. The van der Waals surface area contributed by atoms with Crippen LogP contribution in [0.15, 0.2) is 50.9 Å². The van der Waals surface area contributed by atoms with Crippen LogP contribution in [0.25, 0.3) is 6.08 Å². The fraction of sp³-hybridized carbons (Fsp3) is 0. The molecule has 0 atom stereocenters. The molecule has 6 nitrogen and oxygen atoms in total. The standard InChI is InChI=1S/C13H8N2O4S2/c14-8-13(21(18,19)12-4-5-20-9-12)7-10-2-1-3-11(6-10)15(16)17/h1-7,9H/b13-7+. The minimum Gasteiger partial charge on any atom is -0.258 e. The molecule has 2 aromatic rings. The van der Waals surface area contributed by atoms with E-state index < -0.39 is 19.7 Å². The molecule has 0 saturated heterocycles. The molecule has 0 unspecified atom stereocenters. The number of non-ortho nitro benzene ring substituents is 1. The number of benzene rings is 1. The third-order valence-electron chi connectivity index (χ3n) is 2.58. The summed E-state index contributed by atoms with van der Waals surface area (Å²) in [6.45, 7) is 0. The minimum atomic E-state index is -3.90. The molecule has 1 heterocycles. The first kappa shape index (κ1) is 14.9. The van der Waals surface area contributed by atoms with Crippen molar-refractivity contribution in [2.45, 2.75) is 4.90 Å². The zero-order valence-electron chi connectivity index (χ0n) is 10.5. The van der Waals surface area contributed by atoms with Crippen LogP contribution in [-0.4, -0.2) is 13.3 Å². The topological polar surface area (TPSA) is 101 Å². The highest BCUT2D eigenvalue weighted by Gasteiger charge is 2.21. The van der Waals surface area contributed by atoms with Gasteiger partial charge in [-0.05, 0) is 23.1 Å². The van der Waals surface area contributed by atoms with E-state index in [2.05, 4.69) is 0 Å². The number of nitro groups is 1. The lowest BCUT2D eigenvalue weighted by atomic mass is 10.2. The van der Waals surface area contributed by atoms with Crippen molar-refractivity contribution in [1.82, 2.24) is 0 Å². The van der Waals surface area contributed by atoms with Gasteiger partial charge >= 0.3 is 0 Å². The first-order valence-electron chi connectivity index (χ1n) is 5.58. The molecule has 0 fully saturated rings. The fourth-order valence-electron chi connectivity index (χ4n) is 1.58. The molecular weight excluding hydrogens is 312 g/mol. The van der Waals surface area contributed by atoms with Gasteiger partial charge in [-0.1, -0.05) is 12.1 Å². The Morgan fingerprint density at radius 2 is 2.14 bits per heavy atom. The second-order valence-corrected chi connectivity index (χ2v) is 6.63. The Kier molecular flexibility index (Phi) is 4.16. The number of nitriles is 1. The zero-order chi connectivity index (χ0) is 15.5. The van der Waals surface area contributed by atoms with E-state index in [1.165, 1.54) is 47.0 Å². The number of allylic oxidation sites excluding steroid dienone is 1. The summed E-state index contributed by atoms with van der Waals surface area (Å²) >= 11 is 1.20. The molecule has 2 rings (SSSR count). The van der Waals surface area contributed by atoms with E-state index >= 15 is 0 Å². The van der Waals surface area contributed by atoms with Gasteiger partial charge in [0.15, 0.2) is 0 Å². The first-order valence-corrected chi connectivity index (χ1v) is 8.01. The summed E-state index contributed by atoms with van der Waals surface area (Å²) in [5.41, 5.74) is 0.105. The molecule has 106 valence electrons. The number of rotatable bonds is 4. The van der Waals surface area contributed by atoms with Crippen molar-refractivity contribution < 1.29 is 13.3 Å².